The predicted octanol–water partition coefficient (Wildman–Crippen LogP) is 1.55. The fraction of sp³-hybridized carbons (Fsp3) is 0.765. The van der Waals surface area contributed by atoms with Crippen LogP contribution in [0.15, 0.2) is 11.6 Å². The van der Waals surface area contributed by atoms with E-state index in [1.807, 2.05) is 11.8 Å². The van der Waals surface area contributed by atoms with Gasteiger partial charge in [0.05, 0.1) is 6.04 Å². The number of carbonyl (C=O) groups is 2. The predicted molar refractivity (Wildman–Crippen MR) is 87.5 cm³/mol. The molecule has 1 unspecified atom stereocenters. The molecule has 2 rings (SSSR count). The van der Waals surface area contributed by atoms with E-state index in [-0.39, 0.29) is 17.9 Å². The number of nitrogens with one attached hydrogen (secondary N) is 1. The van der Waals surface area contributed by atoms with Gasteiger partial charge in [-0.1, -0.05) is 11.6 Å². The normalized spacial score (nSPS) is 21.2. The van der Waals surface area contributed by atoms with Crippen LogP contribution < -0.4 is 5.32 Å². The Kier molecular flexibility index (Phi) is 6.43. The zero-order valence-electron chi connectivity index (χ0n) is 13.9. The lowest BCUT2D eigenvalue weighted by molar-refractivity contribution is -0.132. The average molecular weight is 307 g/mol. The second-order valence-electron chi connectivity index (χ2n) is 6.37. The SMILES string of the molecule is CC(=O)N1CCN(C(C)C(=O)NCCC2=CCCCC2)CC1. The third-order valence-electron chi connectivity index (χ3n) is 4.82. The van der Waals surface area contributed by atoms with Crippen molar-refractivity contribution in [3.05, 3.63) is 11.6 Å². The first kappa shape index (κ1) is 17.0. The van der Waals surface area contributed by atoms with Crippen LogP contribution in [0.5, 0.6) is 0 Å². The van der Waals surface area contributed by atoms with Gasteiger partial charge in [0.15, 0.2) is 0 Å². The van der Waals surface area contributed by atoms with Crippen molar-refractivity contribution in [3.8, 4) is 0 Å². The van der Waals surface area contributed by atoms with Crippen molar-refractivity contribution in [2.45, 2.75) is 52.0 Å². The minimum absolute atomic E-state index is 0.104. The van der Waals surface area contributed by atoms with Crippen molar-refractivity contribution in [3.63, 3.8) is 0 Å². The van der Waals surface area contributed by atoms with Gasteiger partial charge in [-0.3, -0.25) is 14.5 Å². The quantitative estimate of drug-likeness (QED) is 0.784. The Morgan fingerprint density at radius 2 is 1.95 bits per heavy atom. The summed E-state index contributed by atoms with van der Waals surface area (Å²) in [7, 11) is 0. The lowest BCUT2D eigenvalue weighted by atomic mass is 9.97. The first-order valence-electron chi connectivity index (χ1n) is 8.53. The van der Waals surface area contributed by atoms with E-state index in [9.17, 15) is 9.59 Å². The van der Waals surface area contributed by atoms with Crippen molar-refractivity contribution in [1.82, 2.24) is 15.1 Å². The fourth-order valence-corrected chi connectivity index (χ4v) is 3.22. The van der Waals surface area contributed by atoms with Crippen LogP contribution >= 0.6 is 0 Å². The Hall–Kier alpha value is -1.36. The summed E-state index contributed by atoms with van der Waals surface area (Å²) in [4.78, 5) is 27.6. The summed E-state index contributed by atoms with van der Waals surface area (Å²) in [5, 5.41) is 3.06. The van der Waals surface area contributed by atoms with E-state index in [0.717, 1.165) is 39.1 Å². The summed E-state index contributed by atoms with van der Waals surface area (Å²) < 4.78 is 0. The smallest absolute Gasteiger partial charge is 0.237 e. The summed E-state index contributed by atoms with van der Waals surface area (Å²) >= 11 is 0. The van der Waals surface area contributed by atoms with Crippen LogP contribution in [0.25, 0.3) is 0 Å². The highest BCUT2D eigenvalue weighted by Gasteiger charge is 2.26. The molecule has 0 spiro atoms. The molecule has 1 heterocycles. The number of hydrogen-bond acceptors (Lipinski definition) is 3. The molecule has 1 atom stereocenters. The average Bonchev–Trinajstić information content (AvgIpc) is 2.55. The van der Waals surface area contributed by atoms with Gasteiger partial charge in [0.2, 0.25) is 11.8 Å². The van der Waals surface area contributed by atoms with Crippen LogP contribution in [0.2, 0.25) is 0 Å². The van der Waals surface area contributed by atoms with Crippen LogP contribution in [-0.4, -0.2) is 60.4 Å². The maximum Gasteiger partial charge on any atom is 0.237 e. The monoisotopic (exact) mass is 307 g/mol. The molecule has 0 aromatic rings. The molecule has 1 fully saturated rings. The molecule has 1 N–H and O–H groups in total. The van der Waals surface area contributed by atoms with E-state index in [2.05, 4.69) is 16.3 Å². The number of hydrogen-bond donors (Lipinski definition) is 1. The Morgan fingerprint density at radius 1 is 1.23 bits per heavy atom. The maximum atomic E-state index is 12.2. The van der Waals surface area contributed by atoms with Crippen molar-refractivity contribution in [2.24, 2.45) is 0 Å². The van der Waals surface area contributed by atoms with Gasteiger partial charge in [-0.2, -0.15) is 0 Å². The molecule has 1 aliphatic carbocycles. The molecule has 5 nitrogen and oxygen atoms in total. The van der Waals surface area contributed by atoms with Crippen molar-refractivity contribution < 1.29 is 9.59 Å². The molecular formula is C17H29N3O2. The zero-order chi connectivity index (χ0) is 15.9. The van der Waals surface area contributed by atoms with E-state index in [4.69, 9.17) is 0 Å². The van der Waals surface area contributed by atoms with Gasteiger partial charge in [-0.05, 0) is 39.0 Å². The minimum Gasteiger partial charge on any atom is -0.354 e. The fourth-order valence-electron chi connectivity index (χ4n) is 3.22. The molecular weight excluding hydrogens is 278 g/mol. The first-order chi connectivity index (χ1) is 10.6. The standard InChI is InChI=1S/C17H29N3O2/c1-14(19-10-12-20(13-11-19)15(2)21)17(22)18-9-8-16-6-4-3-5-7-16/h6,14H,3-5,7-13H2,1-2H3,(H,18,22). The number of carbonyl (C=O) groups excluding carboxylic acids is 2. The minimum atomic E-state index is -0.116. The summed E-state index contributed by atoms with van der Waals surface area (Å²) in [5.74, 6) is 0.227. The number of nitrogens with zero attached hydrogens (tertiary/aromatic N) is 2. The Balaban J connectivity index is 1.68. The molecule has 1 aliphatic heterocycles. The molecule has 0 saturated carbocycles. The van der Waals surface area contributed by atoms with E-state index in [0.29, 0.717) is 0 Å². The van der Waals surface area contributed by atoms with E-state index in [1.54, 1.807) is 6.92 Å². The van der Waals surface area contributed by atoms with Crippen molar-refractivity contribution in [1.29, 1.82) is 0 Å². The second-order valence-corrected chi connectivity index (χ2v) is 6.37. The van der Waals surface area contributed by atoms with E-state index >= 15 is 0 Å². The van der Waals surface area contributed by atoms with Gasteiger partial charge in [0, 0.05) is 39.6 Å². The number of rotatable bonds is 5. The third kappa shape index (κ3) is 4.83. The van der Waals surface area contributed by atoms with Gasteiger partial charge in [-0.15, -0.1) is 0 Å². The van der Waals surface area contributed by atoms with Crippen LogP contribution in [0.3, 0.4) is 0 Å². The first-order valence-corrected chi connectivity index (χ1v) is 8.53. The number of piperazine rings is 1. The van der Waals surface area contributed by atoms with Gasteiger partial charge in [0.25, 0.3) is 0 Å². The van der Waals surface area contributed by atoms with Crippen molar-refractivity contribution >= 4 is 11.8 Å². The molecule has 124 valence electrons. The summed E-state index contributed by atoms with van der Waals surface area (Å²) in [5.41, 5.74) is 1.49. The molecule has 2 aliphatic rings. The Morgan fingerprint density at radius 3 is 2.55 bits per heavy atom. The highest BCUT2D eigenvalue weighted by molar-refractivity contribution is 5.81. The molecule has 5 heteroatoms. The topological polar surface area (TPSA) is 52.7 Å². The zero-order valence-corrected chi connectivity index (χ0v) is 13.9. The molecule has 2 amide bonds. The lowest BCUT2D eigenvalue weighted by Gasteiger charge is -2.37. The molecule has 0 aromatic carbocycles. The highest BCUT2D eigenvalue weighted by atomic mass is 16.2. The molecule has 0 radical (unpaired) electrons. The van der Waals surface area contributed by atoms with Gasteiger partial charge >= 0.3 is 0 Å². The van der Waals surface area contributed by atoms with Gasteiger partial charge in [0.1, 0.15) is 0 Å². The largest absolute Gasteiger partial charge is 0.354 e. The van der Waals surface area contributed by atoms with E-state index in [1.165, 1.54) is 31.3 Å². The van der Waals surface area contributed by atoms with Gasteiger partial charge in [-0.25, -0.2) is 0 Å². The molecule has 22 heavy (non-hydrogen) atoms. The lowest BCUT2D eigenvalue weighted by Crippen LogP contribution is -2.54. The number of amides is 2. The molecule has 0 aromatic heterocycles. The Bertz CT molecular complexity index is 426. The summed E-state index contributed by atoms with van der Waals surface area (Å²) in [6.45, 7) is 7.30. The highest BCUT2D eigenvalue weighted by Crippen LogP contribution is 2.19. The van der Waals surface area contributed by atoms with E-state index < -0.39 is 0 Å². The third-order valence-corrected chi connectivity index (χ3v) is 4.82. The van der Waals surface area contributed by atoms with Crippen LogP contribution in [0, 0.1) is 0 Å². The summed E-state index contributed by atoms with van der Waals surface area (Å²) in [6.07, 6.45) is 8.30. The molecule has 0 bridgehead atoms. The molecule has 1 saturated heterocycles. The van der Waals surface area contributed by atoms with Gasteiger partial charge < -0.3 is 10.2 Å². The Labute approximate surface area is 133 Å². The summed E-state index contributed by atoms with van der Waals surface area (Å²) in [6, 6.07) is -0.116. The maximum absolute atomic E-state index is 12.2. The van der Waals surface area contributed by atoms with Crippen molar-refractivity contribution in [2.75, 3.05) is 32.7 Å². The second kappa shape index (κ2) is 8.32. The van der Waals surface area contributed by atoms with Crippen LogP contribution in [-0.2, 0) is 9.59 Å². The van der Waals surface area contributed by atoms with Crippen LogP contribution in [0.1, 0.15) is 46.0 Å². The number of allylic oxidation sites excluding steroid dienone is 1. The van der Waals surface area contributed by atoms with Crippen LogP contribution in [0.4, 0.5) is 0 Å².